The number of halogens is 1. The summed E-state index contributed by atoms with van der Waals surface area (Å²) in [5.74, 6) is 0.395. The molecule has 5 heteroatoms. The van der Waals surface area contributed by atoms with Crippen molar-refractivity contribution in [2.24, 2.45) is 21.9 Å². The van der Waals surface area contributed by atoms with Crippen molar-refractivity contribution in [3.63, 3.8) is 0 Å². The average molecular weight is 389 g/mol. The summed E-state index contributed by atoms with van der Waals surface area (Å²) in [5, 5.41) is 7.87. The molecule has 2 unspecified atom stereocenters. The fourth-order valence-electron chi connectivity index (χ4n) is 4.43. The maximum Gasteiger partial charge on any atom is 0.433 e. The fourth-order valence-corrected chi connectivity index (χ4v) is 4.56. The maximum atomic E-state index is 12.1. The van der Waals surface area contributed by atoms with E-state index in [2.05, 4.69) is 37.3 Å². The summed E-state index contributed by atoms with van der Waals surface area (Å²) in [6, 6.07) is 7.78. The number of nitrogens with zero attached hydrogens (tertiary/aromatic N) is 1. The van der Waals surface area contributed by atoms with Crippen LogP contribution in [-0.4, -0.2) is 17.3 Å². The monoisotopic (exact) mass is 388 g/mol. The number of nitrogens with one attached hydrogen (secondary N) is 1. The Morgan fingerprint density at radius 2 is 1.89 bits per heavy atom. The molecule has 146 valence electrons. The first-order valence-corrected chi connectivity index (χ1v) is 9.87. The molecule has 2 saturated carbocycles. The van der Waals surface area contributed by atoms with Crippen molar-refractivity contribution in [2.45, 2.75) is 59.9 Å². The molecular weight excluding hydrogens is 360 g/mol. The van der Waals surface area contributed by atoms with Gasteiger partial charge in [0.1, 0.15) is 0 Å². The van der Waals surface area contributed by atoms with Crippen molar-refractivity contribution in [1.29, 1.82) is 0 Å². The minimum atomic E-state index is -0.523. The molecule has 1 amide bonds. The second-order valence-electron chi connectivity index (χ2n) is 9.49. The Labute approximate surface area is 167 Å². The molecule has 1 N–H and O–H groups in total. The standard InChI is InChI=1S/C22H29ClN2O2/c1-20(2,3)24-19(26)27-25-18-16(13-14-7-9-15(23)10-8-14)17-11-12-22(18,6)21(17,4)5/h7-10,13,17H,11-12H2,1-6H3,(H,24,26)/b16-13+,25-18-. The Balaban J connectivity index is 1.96. The zero-order chi connectivity index (χ0) is 20.0. The van der Waals surface area contributed by atoms with Gasteiger partial charge in [0.25, 0.3) is 0 Å². The van der Waals surface area contributed by atoms with Crippen LogP contribution in [0.4, 0.5) is 4.79 Å². The van der Waals surface area contributed by atoms with E-state index in [4.69, 9.17) is 16.4 Å². The predicted molar refractivity (Wildman–Crippen MR) is 111 cm³/mol. The zero-order valence-electron chi connectivity index (χ0n) is 17.0. The summed E-state index contributed by atoms with van der Waals surface area (Å²) in [4.78, 5) is 17.4. The van der Waals surface area contributed by atoms with E-state index in [1.807, 2.05) is 45.0 Å². The molecule has 2 aliphatic rings. The molecule has 3 rings (SSSR count). The van der Waals surface area contributed by atoms with Crippen molar-refractivity contribution in [3.8, 4) is 0 Å². The summed E-state index contributed by atoms with van der Waals surface area (Å²) in [6.45, 7) is 12.6. The molecule has 0 heterocycles. The smallest absolute Gasteiger partial charge is 0.315 e. The molecule has 0 saturated heterocycles. The lowest BCUT2D eigenvalue weighted by Gasteiger charge is -2.33. The molecule has 2 atom stereocenters. The molecule has 0 spiro atoms. The van der Waals surface area contributed by atoms with Crippen LogP contribution in [0.25, 0.3) is 6.08 Å². The van der Waals surface area contributed by atoms with E-state index in [-0.39, 0.29) is 16.4 Å². The lowest BCUT2D eigenvalue weighted by molar-refractivity contribution is 0.138. The number of fused-ring (bicyclic) bond motifs is 2. The Hall–Kier alpha value is -1.81. The van der Waals surface area contributed by atoms with E-state index >= 15 is 0 Å². The first-order valence-electron chi connectivity index (χ1n) is 9.49. The summed E-state index contributed by atoms with van der Waals surface area (Å²) < 4.78 is 0. The number of hydrogen-bond donors (Lipinski definition) is 1. The molecule has 2 bridgehead atoms. The van der Waals surface area contributed by atoms with Gasteiger partial charge in [-0.3, -0.25) is 4.84 Å². The van der Waals surface area contributed by atoms with Crippen molar-refractivity contribution in [1.82, 2.24) is 5.32 Å². The molecule has 27 heavy (non-hydrogen) atoms. The molecule has 0 aromatic heterocycles. The van der Waals surface area contributed by atoms with Gasteiger partial charge >= 0.3 is 6.09 Å². The SMILES string of the molecule is CC(C)(C)NC(=O)O/N=C1/C(=C/c2ccc(Cl)cc2)C2CCC1(C)C2(C)C. The van der Waals surface area contributed by atoms with Gasteiger partial charge in [-0.25, -0.2) is 4.79 Å². The second kappa shape index (κ2) is 6.66. The lowest BCUT2D eigenvalue weighted by atomic mass is 9.70. The van der Waals surface area contributed by atoms with Crippen LogP contribution < -0.4 is 5.32 Å². The van der Waals surface area contributed by atoms with Crippen LogP contribution >= 0.6 is 11.6 Å². The highest BCUT2D eigenvalue weighted by Crippen LogP contribution is 2.66. The third-order valence-corrected chi connectivity index (χ3v) is 6.54. The van der Waals surface area contributed by atoms with E-state index in [1.54, 1.807) is 0 Å². The van der Waals surface area contributed by atoms with Crippen molar-refractivity contribution < 1.29 is 9.63 Å². The Morgan fingerprint density at radius 3 is 2.48 bits per heavy atom. The molecular formula is C22H29ClN2O2. The molecule has 4 nitrogen and oxygen atoms in total. The number of rotatable bonds is 2. The van der Waals surface area contributed by atoms with Crippen molar-refractivity contribution in [2.75, 3.05) is 0 Å². The van der Waals surface area contributed by atoms with Crippen molar-refractivity contribution in [3.05, 3.63) is 40.4 Å². The summed E-state index contributed by atoms with van der Waals surface area (Å²) >= 11 is 6.02. The first kappa shape index (κ1) is 19.9. The third-order valence-electron chi connectivity index (χ3n) is 6.29. The number of allylic oxidation sites excluding steroid dienone is 1. The van der Waals surface area contributed by atoms with E-state index in [0.717, 1.165) is 24.1 Å². The van der Waals surface area contributed by atoms with Crippen LogP contribution in [0.3, 0.4) is 0 Å². The van der Waals surface area contributed by atoms with Gasteiger partial charge < -0.3 is 5.32 Å². The van der Waals surface area contributed by atoms with Crippen LogP contribution in [0.1, 0.15) is 59.9 Å². The maximum absolute atomic E-state index is 12.1. The van der Waals surface area contributed by atoms with Crippen LogP contribution in [-0.2, 0) is 4.84 Å². The minimum Gasteiger partial charge on any atom is -0.315 e. The highest BCUT2D eigenvalue weighted by molar-refractivity contribution is 6.30. The van der Waals surface area contributed by atoms with Crippen molar-refractivity contribution >= 4 is 29.5 Å². The number of carbonyl (C=O) groups excluding carboxylic acids is 1. The normalized spacial score (nSPS) is 29.4. The van der Waals surface area contributed by atoms with Crippen LogP contribution in [0, 0.1) is 16.7 Å². The van der Waals surface area contributed by atoms with Crippen LogP contribution in [0.5, 0.6) is 0 Å². The number of amides is 1. The van der Waals surface area contributed by atoms with Gasteiger partial charge in [0.2, 0.25) is 0 Å². The van der Waals surface area contributed by atoms with Crippen LogP contribution in [0.15, 0.2) is 35.0 Å². The third kappa shape index (κ3) is 3.64. The predicted octanol–water partition coefficient (Wildman–Crippen LogP) is 6.06. The van der Waals surface area contributed by atoms with Gasteiger partial charge in [-0.05, 0) is 74.3 Å². The van der Waals surface area contributed by atoms with E-state index in [9.17, 15) is 4.79 Å². The summed E-state index contributed by atoms with van der Waals surface area (Å²) in [7, 11) is 0. The quantitative estimate of drug-likeness (QED) is 0.494. The topological polar surface area (TPSA) is 50.7 Å². The number of benzene rings is 1. The zero-order valence-corrected chi connectivity index (χ0v) is 17.8. The minimum absolute atomic E-state index is 0.0634. The second-order valence-corrected chi connectivity index (χ2v) is 9.93. The Bertz CT molecular complexity index is 803. The molecule has 2 fully saturated rings. The van der Waals surface area contributed by atoms with Gasteiger partial charge in [-0.2, -0.15) is 0 Å². The van der Waals surface area contributed by atoms with E-state index in [1.165, 1.54) is 5.57 Å². The fraction of sp³-hybridized carbons (Fsp3) is 0.545. The highest BCUT2D eigenvalue weighted by Gasteiger charge is 2.63. The molecule has 1 aromatic rings. The Morgan fingerprint density at radius 1 is 1.26 bits per heavy atom. The average Bonchev–Trinajstić information content (AvgIpc) is 2.85. The summed E-state index contributed by atoms with van der Waals surface area (Å²) in [5.41, 5.74) is 2.72. The summed E-state index contributed by atoms with van der Waals surface area (Å²) in [6.07, 6.45) is 3.81. The van der Waals surface area contributed by atoms with E-state index < -0.39 is 6.09 Å². The Kier molecular flexibility index (Phi) is 4.92. The van der Waals surface area contributed by atoms with Gasteiger partial charge in [0, 0.05) is 16.0 Å². The highest BCUT2D eigenvalue weighted by atomic mass is 35.5. The van der Waals surface area contributed by atoms with Gasteiger partial charge in [0.15, 0.2) is 0 Å². The lowest BCUT2D eigenvalue weighted by Crippen LogP contribution is -2.40. The first-order chi connectivity index (χ1) is 12.4. The number of hydrogen-bond acceptors (Lipinski definition) is 3. The molecule has 1 aromatic carbocycles. The number of oxime groups is 1. The van der Waals surface area contributed by atoms with Gasteiger partial charge in [-0.15, -0.1) is 0 Å². The van der Waals surface area contributed by atoms with Gasteiger partial charge in [-0.1, -0.05) is 49.7 Å². The largest absolute Gasteiger partial charge is 0.433 e. The van der Waals surface area contributed by atoms with Crippen LogP contribution in [0.2, 0.25) is 5.02 Å². The molecule has 0 radical (unpaired) electrons. The number of carbonyl (C=O) groups is 1. The molecule has 0 aliphatic heterocycles. The van der Waals surface area contributed by atoms with Gasteiger partial charge in [0.05, 0.1) is 5.71 Å². The van der Waals surface area contributed by atoms with E-state index in [0.29, 0.717) is 10.9 Å². The molecule has 2 aliphatic carbocycles.